The topological polar surface area (TPSA) is 47.3 Å². The van der Waals surface area contributed by atoms with Crippen LogP contribution in [-0.4, -0.2) is 20.9 Å². The van der Waals surface area contributed by atoms with E-state index in [0.29, 0.717) is 38.9 Å². The van der Waals surface area contributed by atoms with Crippen LogP contribution in [0, 0.1) is 11.6 Å². The van der Waals surface area contributed by atoms with Gasteiger partial charge < -0.3 is 0 Å². The smallest absolute Gasteiger partial charge is 0.168 e. The van der Waals surface area contributed by atoms with Gasteiger partial charge in [-0.05, 0) is 48.5 Å². The number of carbonyl (C=O) groups is 1. The van der Waals surface area contributed by atoms with Crippen molar-refractivity contribution < 1.29 is 13.6 Å². The van der Waals surface area contributed by atoms with Gasteiger partial charge in [0.05, 0.1) is 11.4 Å². The van der Waals surface area contributed by atoms with Gasteiger partial charge in [-0.25, -0.2) is 18.3 Å². The molecule has 26 heavy (non-hydrogen) atoms. The third-order valence-corrected chi connectivity index (χ3v) is 4.41. The summed E-state index contributed by atoms with van der Waals surface area (Å²) >= 11 is 3.22. The predicted molar refractivity (Wildman–Crippen MR) is 96.9 cm³/mol. The average Bonchev–Trinajstić information content (AvgIpc) is 3.05. The van der Waals surface area contributed by atoms with Crippen molar-refractivity contribution in [1.29, 1.82) is 0 Å². The molecule has 0 unspecified atom stereocenters. The van der Waals surface area contributed by atoms with E-state index < -0.39 is 5.82 Å². The lowest BCUT2D eigenvalue weighted by Crippen LogP contribution is -2.00. The zero-order valence-corrected chi connectivity index (χ0v) is 14.7. The molecule has 128 valence electrons. The van der Waals surface area contributed by atoms with Crippen LogP contribution < -0.4 is 0 Å². The van der Waals surface area contributed by atoms with Crippen LogP contribution in [0.2, 0.25) is 0 Å². The maximum absolute atomic E-state index is 14.3. The zero-order chi connectivity index (χ0) is 18.3. The highest BCUT2D eigenvalue weighted by Crippen LogP contribution is 2.28. The maximum Gasteiger partial charge on any atom is 0.168 e. The summed E-state index contributed by atoms with van der Waals surface area (Å²) in [6.07, 6.45) is 0.625. The van der Waals surface area contributed by atoms with Gasteiger partial charge in [0.15, 0.2) is 11.9 Å². The first-order valence-corrected chi connectivity index (χ1v) is 8.42. The fourth-order valence-corrected chi connectivity index (χ4v) is 3.04. The first kappa shape index (κ1) is 16.5. The normalized spacial score (nSPS) is 11.0. The number of aldehydes is 1. The van der Waals surface area contributed by atoms with E-state index in [1.165, 1.54) is 22.7 Å². The molecule has 0 aliphatic carbocycles. The molecule has 7 heteroatoms. The molecule has 0 spiro atoms. The largest absolute Gasteiger partial charge is 0.296 e. The Labute approximate surface area is 155 Å². The first-order valence-electron chi connectivity index (χ1n) is 7.62. The minimum Gasteiger partial charge on any atom is -0.296 e. The van der Waals surface area contributed by atoms with Gasteiger partial charge >= 0.3 is 0 Å². The fourth-order valence-electron chi connectivity index (χ4n) is 2.71. The van der Waals surface area contributed by atoms with Crippen LogP contribution >= 0.6 is 15.9 Å². The van der Waals surface area contributed by atoms with Gasteiger partial charge in [0.1, 0.15) is 17.3 Å². The Morgan fingerprint density at radius 2 is 1.77 bits per heavy atom. The lowest BCUT2D eigenvalue weighted by molar-refractivity contribution is 0.111. The van der Waals surface area contributed by atoms with Crippen molar-refractivity contribution in [3.8, 4) is 22.5 Å². The fraction of sp³-hybridized carbons (Fsp3) is 0. The van der Waals surface area contributed by atoms with Gasteiger partial charge in [-0.15, -0.1) is 0 Å². The molecular formula is C19H10BrF2N3O. The summed E-state index contributed by atoms with van der Waals surface area (Å²) in [7, 11) is 0. The van der Waals surface area contributed by atoms with Crippen LogP contribution in [0.5, 0.6) is 0 Å². The standard InChI is InChI=1S/C19H10BrF2N3O/c20-12-3-6-15(16(22)7-12)17-9-19-23-14(10-26)8-18(25(19)24-17)11-1-4-13(21)5-2-11/h1-10H. The summed E-state index contributed by atoms with van der Waals surface area (Å²) in [4.78, 5) is 15.5. The summed E-state index contributed by atoms with van der Waals surface area (Å²) in [5, 5.41) is 4.44. The molecule has 0 fully saturated rings. The molecule has 0 aliphatic rings. The van der Waals surface area contributed by atoms with Crippen LogP contribution in [0.3, 0.4) is 0 Å². The Bertz CT molecular complexity index is 1140. The van der Waals surface area contributed by atoms with Crippen LogP contribution in [0.4, 0.5) is 8.78 Å². The third kappa shape index (κ3) is 2.90. The lowest BCUT2D eigenvalue weighted by atomic mass is 10.1. The Kier molecular flexibility index (Phi) is 4.08. The third-order valence-electron chi connectivity index (χ3n) is 3.91. The molecule has 0 saturated carbocycles. The maximum atomic E-state index is 14.3. The van der Waals surface area contributed by atoms with Gasteiger partial charge in [0.2, 0.25) is 0 Å². The van der Waals surface area contributed by atoms with Crippen LogP contribution in [0.15, 0.2) is 59.1 Å². The quantitative estimate of drug-likeness (QED) is 0.448. The zero-order valence-electron chi connectivity index (χ0n) is 13.2. The highest BCUT2D eigenvalue weighted by atomic mass is 79.9. The molecule has 2 aromatic heterocycles. The summed E-state index contributed by atoms with van der Waals surface area (Å²) in [5.41, 5.74) is 2.52. The minimum absolute atomic E-state index is 0.208. The molecule has 4 rings (SSSR count). The highest BCUT2D eigenvalue weighted by molar-refractivity contribution is 9.10. The van der Waals surface area contributed by atoms with E-state index in [1.54, 1.807) is 36.4 Å². The van der Waals surface area contributed by atoms with Crippen molar-refractivity contribution >= 4 is 27.9 Å². The van der Waals surface area contributed by atoms with Crippen molar-refractivity contribution in [2.75, 3.05) is 0 Å². The first-order chi connectivity index (χ1) is 12.5. The predicted octanol–water partition coefficient (Wildman–Crippen LogP) is 4.92. The SMILES string of the molecule is O=Cc1cc(-c2ccc(F)cc2)n2nc(-c3ccc(Br)cc3F)cc2n1. The Morgan fingerprint density at radius 1 is 1.00 bits per heavy atom. The molecule has 0 atom stereocenters. The lowest BCUT2D eigenvalue weighted by Gasteiger charge is -2.06. The van der Waals surface area contributed by atoms with E-state index in [9.17, 15) is 13.6 Å². The van der Waals surface area contributed by atoms with Crippen molar-refractivity contribution in [3.05, 3.63) is 76.4 Å². The molecule has 0 aliphatic heterocycles. The summed E-state index contributed by atoms with van der Waals surface area (Å²) in [5.74, 6) is -0.797. The van der Waals surface area contributed by atoms with Crippen molar-refractivity contribution in [2.45, 2.75) is 0 Å². The number of aromatic nitrogens is 3. The Morgan fingerprint density at radius 3 is 2.46 bits per heavy atom. The van der Waals surface area contributed by atoms with Crippen molar-refractivity contribution in [1.82, 2.24) is 14.6 Å². The second-order valence-electron chi connectivity index (χ2n) is 5.61. The molecule has 4 aromatic rings. The van der Waals surface area contributed by atoms with Crippen molar-refractivity contribution in [2.24, 2.45) is 0 Å². The van der Waals surface area contributed by atoms with Gasteiger partial charge in [-0.1, -0.05) is 15.9 Å². The summed E-state index contributed by atoms with van der Waals surface area (Å²) in [6, 6.07) is 13.6. The van der Waals surface area contributed by atoms with Crippen LogP contribution in [-0.2, 0) is 0 Å². The number of nitrogens with zero attached hydrogens (tertiary/aromatic N) is 3. The van der Waals surface area contributed by atoms with Crippen LogP contribution in [0.1, 0.15) is 10.5 Å². The van der Waals surface area contributed by atoms with E-state index in [-0.39, 0.29) is 11.5 Å². The van der Waals surface area contributed by atoms with E-state index in [1.807, 2.05) is 0 Å². The molecule has 2 heterocycles. The number of halogens is 3. The average molecular weight is 414 g/mol. The van der Waals surface area contributed by atoms with Gasteiger partial charge in [-0.3, -0.25) is 4.79 Å². The molecule has 0 amide bonds. The molecule has 0 saturated heterocycles. The van der Waals surface area contributed by atoms with Crippen molar-refractivity contribution in [3.63, 3.8) is 0 Å². The second-order valence-corrected chi connectivity index (χ2v) is 6.53. The highest BCUT2D eigenvalue weighted by Gasteiger charge is 2.15. The summed E-state index contributed by atoms with van der Waals surface area (Å²) < 4.78 is 29.6. The monoisotopic (exact) mass is 413 g/mol. The second kappa shape index (κ2) is 6.42. The molecule has 0 bridgehead atoms. The van der Waals surface area contributed by atoms with Gasteiger partial charge in [0.25, 0.3) is 0 Å². The number of benzene rings is 2. The van der Waals surface area contributed by atoms with E-state index >= 15 is 0 Å². The molecular weight excluding hydrogens is 404 g/mol. The number of rotatable bonds is 3. The number of hydrogen-bond acceptors (Lipinski definition) is 3. The molecule has 0 N–H and O–H groups in total. The summed E-state index contributed by atoms with van der Waals surface area (Å²) in [6.45, 7) is 0. The Hall–Kier alpha value is -2.93. The van der Waals surface area contributed by atoms with Gasteiger partial charge in [0, 0.05) is 21.7 Å². The molecule has 4 nitrogen and oxygen atoms in total. The number of carbonyl (C=O) groups excluding carboxylic acids is 1. The number of fused-ring (bicyclic) bond motifs is 1. The van der Waals surface area contributed by atoms with E-state index in [2.05, 4.69) is 26.0 Å². The Balaban J connectivity index is 1.96. The van der Waals surface area contributed by atoms with E-state index in [4.69, 9.17) is 0 Å². The van der Waals surface area contributed by atoms with Gasteiger partial charge in [-0.2, -0.15) is 5.10 Å². The molecule has 0 radical (unpaired) electrons. The van der Waals surface area contributed by atoms with E-state index in [0.717, 1.165) is 0 Å². The minimum atomic E-state index is -0.429. The number of hydrogen-bond donors (Lipinski definition) is 0. The molecule has 2 aromatic carbocycles. The van der Waals surface area contributed by atoms with Crippen LogP contribution in [0.25, 0.3) is 28.2 Å².